The number of aryl methyl sites for hydroxylation is 6. The van der Waals surface area contributed by atoms with Gasteiger partial charge in [-0.05, 0) is 105 Å². The van der Waals surface area contributed by atoms with Crippen LogP contribution < -0.4 is 14.2 Å². The predicted molar refractivity (Wildman–Crippen MR) is 128 cm³/mol. The summed E-state index contributed by atoms with van der Waals surface area (Å²) in [6.45, 7) is 14.8. The zero-order valence-corrected chi connectivity index (χ0v) is 20.3. The molecule has 3 aromatic carbocycles. The third-order valence-electron chi connectivity index (χ3n) is 5.99. The monoisotopic (exact) mass is 418 g/mol. The molecule has 0 saturated heterocycles. The minimum Gasteiger partial charge on any atom is -0.496 e. The molecule has 0 heterocycles. The van der Waals surface area contributed by atoms with Gasteiger partial charge in [-0.25, -0.2) is 0 Å². The molecule has 0 spiro atoms. The maximum absolute atomic E-state index is 6.50. The lowest BCUT2D eigenvalue weighted by atomic mass is 9.91. The molecule has 3 nitrogen and oxygen atoms in total. The Labute approximate surface area is 187 Å². The van der Waals surface area contributed by atoms with Crippen molar-refractivity contribution in [2.75, 3.05) is 14.2 Å². The van der Waals surface area contributed by atoms with E-state index in [0.717, 1.165) is 46.1 Å². The van der Waals surface area contributed by atoms with E-state index in [-0.39, 0.29) is 0 Å². The van der Waals surface area contributed by atoms with E-state index in [1.165, 1.54) is 33.4 Å². The number of methoxy groups -OCH3 is 2. The summed E-state index contributed by atoms with van der Waals surface area (Å²) in [5.41, 5.74) is 10.6. The standard InChI is InChI=1S/C28H34O3/c1-16-10-18(3)28(31-24-13-20(5)26(29-8)21(6)14-24)23(11-16)15-25-17(2)12-19(4)27(30-9)22(25)7/h10-14H,15H2,1-9H3. The molecule has 0 atom stereocenters. The van der Waals surface area contributed by atoms with E-state index in [1.807, 2.05) is 26.0 Å². The van der Waals surface area contributed by atoms with Gasteiger partial charge in [0.15, 0.2) is 0 Å². The largest absolute Gasteiger partial charge is 0.496 e. The Hall–Kier alpha value is -2.94. The number of rotatable bonds is 6. The first-order valence-corrected chi connectivity index (χ1v) is 10.7. The normalized spacial score (nSPS) is 10.9. The minimum absolute atomic E-state index is 0.792. The van der Waals surface area contributed by atoms with Crippen LogP contribution in [0.5, 0.6) is 23.0 Å². The third-order valence-corrected chi connectivity index (χ3v) is 5.99. The van der Waals surface area contributed by atoms with Crippen LogP contribution in [0.2, 0.25) is 0 Å². The number of ether oxygens (including phenoxy) is 3. The van der Waals surface area contributed by atoms with Gasteiger partial charge in [0.2, 0.25) is 0 Å². The third kappa shape index (κ3) is 4.56. The number of benzene rings is 3. The van der Waals surface area contributed by atoms with Crippen molar-refractivity contribution in [2.45, 2.75) is 54.9 Å². The lowest BCUT2D eigenvalue weighted by molar-refractivity contribution is 0.406. The molecule has 164 valence electrons. The van der Waals surface area contributed by atoms with Gasteiger partial charge in [-0.2, -0.15) is 0 Å². The Balaban J connectivity index is 2.08. The van der Waals surface area contributed by atoms with Crippen molar-refractivity contribution in [3.05, 3.63) is 80.4 Å². The van der Waals surface area contributed by atoms with Gasteiger partial charge in [-0.1, -0.05) is 23.8 Å². The molecular formula is C28H34O3. The van der Waals surface area contributed by atoms with Crippen LogP contribution >= 0.6 is 0 Å². The summed E-state index contributed by atoms with van der Waals surface area (Å²) in [5.74, 6) is 3.63. The average Bonchev–Trinajstić information content (AvgIpc) is 2.67. The Bertz CT molecular complexity index is 1100. The second-order valence-electron chi connectivity index (χ2n) is 8.59. The predicted octanol–water partition coefficient (Wildman–Crippen LogP) is 7.25. The van der Waals surface area contributed by atoms with E-state index in [9.17, 15) is 0 Å². The second kappa shape index (κ2) is 9.05. The van der Waals surface area contributed by atoms with Gasteiger partial charge >= 0.3 is 0 Å². The highest BCUT2D eigenvalue weighted by atomic mass is 16.5. The van der Waals surface area contributed by atoms with Gasteiger partial charge in [0.05, 0.1) is 14.2 Å². The molecule has 0 radical (unpaired) electrons. The zero-order valence-electron chi connectivity index (χ0n) is 20.3. The van der Waals surface area contributed by atoms with Crippen LogP contribution in [0.25, 0.3) is 0 Å². The molecule has 0 saturated carbocycles. The van der Waals surface area contributed by atoms with Crippen molar-refractivity contribution in [1.82, 2.24) is 0 Å². The lowest BCUT2D eigenvalue weighted by Gasteiger charge is -2.20. The number of hydrogen-bond donors (Lipinski definition) is 0. The molecule has 3 aromatic rings. The highest BCUT2D eigenvalue weighted by Gasteiger charge is 2.17. The molecular weight excluding hydrogens is 384 g/mol. The van der Waals surface area contributed by atoms with Gasteiger partial charge in [0, 0.05) is 6.42 Å². The maximum atomic E-state index is 6.50. The molecule has 0 fully saturated rings. The van der Waals surface area contributed by atoms with Gasteiger partial charge in [-0.3, -0.25) is 0 Å². The maximum Gasteiger partial charge on any atom is 0.133 e. The first-order valence-electron chi connectivity index (χ1n) is 10.7. The van der Waals surface area contributed by atoms with Crippen molar-refractivity contribution in [3.8, 4) is 23.0 Å². The first-order chi connectivity index (χ1) is 14.7. The summed E-state index contributed by atoms with van der Waals surface area (Å²) in [5, 5.41) is 0. The highest BCUT2D eigenvalue weighted by molar-refractivity contribution is 5.55. The van der Waals surface area contributed by atoms with E-state index in [4.69, 9.17) is 14.2 Å². The van der Waals surface area contributed by atoms with Gasteiger partial charge in [-0.15, -0.1) is 0 Å². The van der Waals surface area contributed by atoms with Crippen LogP contribution in [-0.4, -0.2) is 14.2 Å². The summed E-state index contributed by atoms with van der Waals surface area (Å²) < 4.78 is 17.7. The molecule has 3 rings (SSSR count). The van der Waals surface area contributed by atoms with Crippen molar-refractivity contribution in [3.63, 3.8) is 0 Å². The quantitative estimate of drug-likeness (QED) is 0.422. The van der Waals surface area contributed by atoms with Gasteiger partial charge in [0.1, 0.15) is 23.0 Å². The highest BCUT2D eigenvalue weighted by Crippen LogP contribution is 2.37. The van der Waals surface area contributed by atoms with E-state index in [0.29, 0.717) is 0 Å². The summed E-state index contributed by atoms with van der Waals surface area (Å²) in [7, 11) is 3.45. The SMILES string of the molecule is COc1c(C)cc(Oc2c(C)cc(C)cc2Cc2c(C)cc(C)c(OC)c2C)cc1C. The van der Waals surface area contributed by atoms with Crippen LogP contribution in [0.4, 0.5) is 0 Å². The second-order valence-corrected chi connectivity index (χ2v) is 8.59. The van der Waals surface area contributed by atoms with Gasteiger partial charge in [0.25, 0.3) is 0 Å². The molecule has 0 aliphatic heterocycles. The molecule has 0 aliphatic carbocycles. The Morgan fingerprint density at radius 1 is 0.581 bits per heavy atom. The van der Waals surface area contributed by atoms with E-state index in [1.54, 1.807) is 14.2 Å². The van der Waals surface area contributed by atoms with Crippen molar-refractivity contribution < 1.29 is 14.2 Å². The number of hydrogen-bond acceptors (Lipinski definition) is 3. The Morgan fingerprint density at radius 2 is 1.13 bits per heavy atom. The Kier molecular flexibility index (Phi) is 6.64. The zero-order chi connectivity index (χ0) is 22.9. The van der Waals surface area contributed by atoms with E-state index < -0.39 is 0 Å². The van der Waals surface area contributed by atoms with Crippen molar-refractivity contribution >= 4 is 0 Å². The van der Waals surface area contributed by atoms with Crippen LogP contribution in [0.3, 0.4) is 0 Å². The van der Waals surface area contributed by atoms with Crippen molar-refractivity contribution in [1.29, 1.82) is 0 Å². The lowest BCUT2D eigenvalue weighted by Crippen LogP contribution is -2.03. The van der Waals surface area contributed by atoms with Crippen molar-refractivity contribution in [2.24, 2.45) is 0 Å². The first kappa shape index (κ1) is 22.7. The summed E-state index contributed by atoms with van der Waals surface area (Å²) in [6.07, 6.45) is 0.792. The molecule has 31 heavy (non-hydrogen) atoms. The molecule has 0 aliphatic rings. The summed E-state index contributed by atoms with van der Waals surface area (Å²) in [6, 6.07) is 10.7. The summed E-state index contributed by atoms with van der Waals surface area (Å²) in [4.78, 5) is 0. The minimum atomic E-state index is 0.792. The van der Waals surface area contributed by atoms with Crippen LogP contribution in [0.1, 0.15) is 50.1 Å². The van der Waals surface area contributed by atoms with E-state index >= 15 is 0 Å². The van der Waals surface area contributed by atoms with Crippen LogP contribution in [0, 0.1) is 48.5 Å². The average molecular weight is 419 g/mol. The fourth-order valence-corrected chi connectivity index (χ4v) is 4.71. The van der Waals surface area contributed by atoms with E-state index in [2.05, 4.69) is 52.8 Å². The van der Waals surface area contributed by atoms with Gasteiger partial charge < -0.3 is 14.2 Å². The smallest absolute Gasteiger partial charge is 0.133 e. The fraction of sp³-hybridized carbons (Fsp3) is 0.357. The topological polar surface area (TPSA) is 27.7 Å². The molecule has 0 amide bonds. The molecule has 0 N–H and O–H groups in total. The summed E-state index contributed by atoms with van der Waals surface area (Å²) >= 11 is 0. The molecule has 0 aromatic heterocycles. The molecule has 0 bridgehead atoms. The molecule has 0 unspecified atom stereocenters. The fourth-order valence-electron chi connectivity index (χ4n) is 4.71. The van der Waals surface area contributed by atoms with Crippen LogP contribution in [0.15, 0.2) is 30.3 Å². The molecule has 3 heteroatoms. The Morgan fingerprint density at radius 3 is 1.71 bits per heavy atom. The van der Waals surface area contributed by atoms with Crippen LogP contribution in [-0.2, 0) is 6.42 Å².